The minimum atomic E-state index is -1.04. The molecule has 1 unspecified atom stereocenters. The van der Waals surface area contributed by atoms with Gasteiger partial charge in [0, 0.05) is 20.1 Å². The summed E-state index contributed by atoms with van der Waals surface area (Å²) in [7, 11) is 1.63. The second kappa shape index (κ2) is 5.67. The summed E-state index contributed by atoms with van der Waals surface area (Å²) in [6.45, 7) is 6.68. The average Bonchev–Trinajstić information content (AvgIpc) is 2.27. The maximum Gasteiger partial charge on any atom is 0.328 e. The lowest BCUT2D eigenvalue weighted by atomic mass is 10.2. The fourth-order valence-electron chi connectivity index (χ4n) is 1.73. The molecule has 2 amide bonds. The lowest BCUT2D eigenvalue weighted by Gasteiger charge is -2.35. The van der Waals surface area contributed by atoms with Crippen molar-refractivity contribution in [2.75, 3.05) is 33.4 Å². The molecule has 1 atom stereocenters. The third-order valence-electron chi connectivity index (χ3n) is 2.49. The first-order valence-electron chi connectivity index (χ1n) is 5.40. The molecule has 0 aliphatic carbocycles. The molecular weight excluding hydrogens is 224 g/mol. The van der Waals surface area contributed by atoms with Gasteiger partial charge in [-0.3, -0.25) is 0 Å². The number of ether oxygens (including phenoxy) is 1. The van der Waals surface area contributed by atoms with E-state index in [1.54, 1.807) is 7.05 Å². The third kappa shape index (κ3) is 3.45. The molecule has 1 N–H and O–H groups in total. The molecular formula is C11H18N2O4. The molecule has 6 nitrogen and oxygen atoms in total. The summed E-state index contributed by atoms with van der Waals surface area (Å²) in [5.41, 5.74) is 0.848. The summed E-state index contributed by atoms with van der Waals surface area (Å²) in [5, 5.41) is 9.01. The van der Waals surface area contributed by atoms with Crippen molar-refractivity contribution in [3.8, 4) is 0 Å². The van der Waals surface area contributed by atoms with Crippen molar-refractivity contribution in [3.63, 3.8) is 0 Å². The highest BCUT2D eigenvalue weighted by Crippen LogP contribution is 2.10. The van der Waals surface area contributed by atoms with Crippen LogP contribution in [0.1, 0.15) is 6.92 Å². The number of carboxylic acids is 1. The molecule has 1 saturated heterocycles. The molecule has 0 bridgehead atoms. The number of urea groups is 1. The van der Waals surface area contributed by atoms with Gasteiger partial charge < -0.3 is 19.6 Å². The minimum Gasteiger partial charge on any atom is -0.480 e. The molecule has 0 spiro atoms. The Morgan fingerprint density at radius 2 is 2.24 bits per heavy atom. The zero-order valence-electron chi connectivity index (χ0n) is 10.2. The van der Waals surface area contributed by atoms with Gasteiger partial charge in [0.25, 0.3) is 0 Å². The summed E-state index contributed by atoms with van der Waals surface area (Å²) >= 11 is 0. The largest absolute Gasteiger partial charge is 0.480 e. The number of hydrogen-bond donors (Lipinski definition) is 1. The molecule has 0 aromatic heterocycles. The minimum absolute atomic E-state index is 0.0436. The highest BCUT2D eigenvalue weighted by molar-refractivity contribution is 5.83. The van der Waals surface area contributed by atoms with Crippen molar-refractivity contribution in [2.45, 2.75) is 13.0 Å². The molecule has 1 fully saturated rings. The van der Waals surface area contributed by atoms with E-state index < -0.39 is 12.0 Å². The molecule has 1 aliphatic rings. The Balaban J connectivity index is 2.70. The van der Waals surface area contributed by atoms with Crippen LogP contribution in [0.25, 0.3) is 0 Å². The fraction of sp³-hybridized carbons (Fsp3) is 0.636. The van der Waals surface area contributed by atoms with Gasteiger partial charge in [0.15, 0.2) is 6.04 Å². The molecule has 1 aliphatic heterocycles. The monoisotopic (exact) mass is 242 g/mol. The number of amides is 2. The summed E-state index contributed by atoms with van der Waals surface area (Å²) in [6, 6.07) is -1.20. The van der Waals surface area contributed by atoms with Crippen molar-refractivity contribution in [3.05, 3.63) is 12.2 Å². The molecule has 6 heteroatoms. The first kappa shape index (κ1) is 13.5. The Morgan fingerprint density at radius 3 is 2.76 bits per heavy atom. The number of hydrogen-bond acceptors (Lipinski definition) is 3. The summed E-state index contributed by atoms with van der Waals surface area (Å²) in [5.74, 6) is -1.04. The van der Waals surface area contributed by atoms with Gasteiger partial charge in [-0.1, -0.05) is 12.2 Å². The maximum absolute atomic E-state index is 12.0. The number of morpholine rings is 1. The molecule has 17 heavy (non-hydrogen) atoms. The highest BCUT2D eigenvalue weighted by Gasteiger charge is 2.34. The Kier molecular flexibility index (Phi) is 4.51. The van der Waals surface area contributed by atoms with Crippen LogP contribution in [0.4, 0.5) is 4.79 Å². The van der Waals surface area contributed by atoms with E-state index in [-0.39, 0.29) is 12.6 Å². The SMILES string of the molecule is C=C(C)CN(C)C(=O)N1CCOCC1C(=O)O. The Hall–Kier alpha value is -1.56. The van der Waals surface area contributed by atoms with Gasteiger partial charge in [-0.2, -0.15) is 0 Å². The average molecular weight is 242 g/mol. The van der Waals surface area contributed by atoms with E-state index in [1.165, 1.54) is 9.80 Å². The van der Waals surface area contributed by atoms with Crippen LogP contribution in [0.2, 0.25) is 0 Å². The predicted molar refractivity (Wildman–Crippen MR) is 61.8 cm³/mol. The Labute approximate surface area is 100 Å². The summed E-state index contributed by atoms with van der Waals surface area (Å²) in [6.07, 6.45) is 0. The Bertz CT molecular complexity index is 329. The van der Waals surface area contributed by atoms with Gasteiger partial charge in [-0.15, -0.1) is 0 Å². The second-order valence-electron chi connectivity index (χ2n) is 4.22. The maximum atomic E-state index is 12.0. The van der Waals surface area contributed by atoms with E-state index in [0.29, 0.717) is 19.7 Å². The lowest BCUT2D eigenvalue weighted by molar-refractivity contribution is -0.147. The second-order valence-corrected chi connectivity index (χ2v) is 4.22. The Morgan fingerprint density at radius 1 is 1.59 bits per heavy atom. The van der Waals surface area contributed by atoms with Gasteiger partial charge in [-0.05, 0) is 6.92 Å². The summed E-state index contributed by atoms with van der Waals surface area (Å²) < 4.78 is 5.07. The first-order valence-corrected chi connectivity index (χ1v) is 5.40. The molecule has 0 aromatic carbocycles. The predicted octanol–water partition coefficient (Wildman–Crippen LogP) is 0.400. The number of aliphatic carboxylic acids is 1. The van der Waals surface area contributed by atoms with Crippen LogP contribution in [0, 0.1) is 0 Å². The van der Waals surface area contributed by atoms with E-state index in [4.69, 9.17) is 9.84 Å². The van der Waals surface area contributed by atoms with Crippen LogP contribution in [-0.4, -0.2) is 66.3 Å². The number of likely N-dealkylation sites (N-methyl/N-ethyl adjacent to an activating group) is 1. The molecule has 1 rings (SSSR count). The highest BCUT2D eigenvalue weighted by atomic mass is 16.5. The van der Waals surface area contributed by atoms with Gasteiger partial charge in [0.1, 0.15) is 0 Å². The van der Waals surface area contributed by atoms with Gasteiger partial charge in [-0.25, -0.2) is 9.59 Å². The lowest BCUT2D eigenvalue weighted by Crippen LogP contribution is -2.56. The summed E-state index contributed by atoms with van der Waals surface area (Å²) in [4.78, 5) is 25.8. The van der Waals surface area contributed by atoms with Crippen LogP contribution in [0.5, 0.6) is 0 Å². The first-order chi connectivity index (χ1) is 7.93. The van der Waals surface area contributed by atoms with Gasteiger partial charge in [0.05, 0.1) is 13.2 Å². The van der Waals surface area contributed by atoms with Crippen molar-refractivity contribution >= 4 is 12.0 Å². The topological polar surface area (TPSA) is 70.1 Å². The molecule has 0 radical (unpaired) electrons. The number of carbonyl (C=O) groups excluding carboxylic acids is 1. The molecule has 1 heterocycles. The molecule has 0 aromatic rings. The third-order valence-corrected chi connectivity index (χ3v) is 2.49. The quantitative estimate of drug-likeness (QED) is 0.727. The molecule has 0 saturated carbocycles. The van der Waals surface area contributed by atoms with E-state index >= 15 is 0 Å². The van der Waals surface area contributed by atoms with Crippen molar-refractivity contribution in [1.82, 2.24) is 9.80 Å². The van der Waals surface area contributed by atoms with Crippen LogP contribution >= 0.6 is 0 Å². The number of rotatable bonds is 3. The fourth-order valence-corrected chi connectivity index (χ4v) is 1.73. The van der Waals surface area contributed by atoms with Crippen LogP contribution in [0.3, 0.4) is 0 Å². The van der Waals surface area contributed by atoms with E-state index in [2.05, 4.69) is 6.58 Å². The van der Waals surface area contributed by atoms with Gasteiger partial charge in [0.2, 0.25) is 0 Å². The van der Waals surface area contributed by atoms with Crippen molar-refractivity contribution in [2.24, 2.45) is 0 Å². The number of nitrogens with zero attached hydrogens (tertiary/aromatic N) is 2. The zero-order valence-corrected chi connectivity index (χ0v) is 10.2. The normalized spacial score (nSPS) is 19.9. The van der Waals surface area contributed by atoms with Crippen LogP contribution < -0.4 is 0 Å². The van der Waals surface area contributed by atoms with E-state index in [9.17, 15) is 9.59 Å². The zero-order chi connectivity index (χ0) is 13.0. The van der Waals surface area contributed by atoms with Crippen LogP contribution in [-0.2, 0) is 9.53 Å². The smallest absolute Gasteiger partial charge is 0.328 e. The number of carbonyl (C=O) groups is 2. The number of carboxylic acid groups (broad SMARTS) is 1. The van der Waals surface area contributed by atoms with E-state index in [1.807, 2.05) is 6.92 Å². The van der Waals surface area contributed by atoms with Crippen molar-refractivity contribution < 1.29 is 19.4 Å². The van der Waals surface area contributed by atoms with E-state index in [0.717, 1.165) is 5.57 Å². The van der Waals surface area contributed by atoms with Crippen molar-refractivity contribution in [1.29, 1.82) is 0 Å². The molecule has 96 valence electrons. The standard InChI is InChI=1S/C11H18N2O4/c1-8(2)6-12(3)11(16)13-4-5-17-7-9(13)10(14)15/h9H,1,4-7H2,2-3H3,(H,14,15). The van der Waals surface area contributed by atoms with Crippen LogP contribution in [0.15, 0.2) is 12.2 Å². The van der Waals surface area contributed by atoms with Gasteiger partial charge >= 0.3 is 12.0 Å².